The minimum atomic E-state index is 0.00151. The Morgan fingerprint density at radius 3 is 2.00 bits per heavy atom. The summed E-state index contributed by atoms with van der Waals surface area (Å²) < 4.78 is 0. The van der Waals surface area contributed by atoms with Crippen molar-refractivity contribution in [2.45, 2.75) is 53.6 Å². The molecule has 0 saturated heterocycles. The lowest BCUT2D eigenvalue weighted by molar-refractivity contribution is -0.127. The first kappa shape index (κ1) is 21.7. The molecule has 0 aromatic rings. The van der Waals surface area contributed by atoms with Crippen LogP contribution in [0.3, 0.4) is 0 Å². The molecule has 0 unspecified atom stereocenters. The van der Waals surface area contributed by atoms with Gasteiger partial charge >= 0.3 is 0 Å². The standard InChI is InChI=1S/C17H37N5O/c1-13(2)11-19-17(20-12-16(23)21(7)8)18-9-10-22(14(3)4)15(5)6/h13-15H,9-12H2,1-8H3,(H2,18,19,20). The molecule has 0 bridgehead atoms. The first-order valence-electron chi connectivity index (χ1n) is 8.63. The Bertz CT molecular complexity index is 356. The van der Waals surface area contributed by atoms with Crippen molar-refractivity contribution >= 4 is 11.9 Å². The highest BCUT2D eigenvalue weighted by Gasteiger charge is 2.13. The molecule has 0 heterocycles. The predicted octanol–water partition coefficient (Wildman–Crippen LogP) is 1.38. The van der Waals surface area contributed by atoms with Gasteiger partial charge in [-0.3, -0.25) is 9.69 Å². The third kappa shape index (κ3) is 10.2. The van der Waals surface area contributed by atoms with Gasteiger partial charge in [0.05, 0.1) is 0 Å². The Labute approximate surface area is 142 Å². The SMILES string of the molecule is CC(C)CNC(=NCC(=O)N(C)C)NCCN(C(C)C)C(C)C. The van der Waals surface area contributed by atoms with Gasteiger partial charge in [-0.1, -0.05) is 13.8 Å². The van der Waals surface area contributed by atoms with E-state index in [4.69, 9.17) is 0 Å². The third-order valence-electron chi connectivity index (χ3n) is 3.54. The molecular weight excluding hydrogens is 290 g/mol. The number of carbonyl (C=O) groups excluding carboxylic acids is 1. The summed E-state index contributed by atoms with van der Waals surface area (Å²) in [6, 6.07) is 1.02. The lowest BCUT2D eigenvalue weighted by atomic mass is 10.2. The Kier molecular flexibility index (Phi) is 10.6. The molecule has 0 saturated carbocycles. The van der Waals surface area contributed by atoms with E-state index < -0.39 is 0 Å². The van der Waals surface area contributed by atoms with Crippen molar-refractivity contribution in [2.75, 3.05) is 40.3 Å². The van der Waals surface area contributed by atoms with Gasteiger partial charge in [-0.15, -0.1) is 0 Å². The number of hydrogen-bond donors (Lipinski definition) is 2. The molecule has 0 fully saturated rings. The summed E-state index contributed by atoms with van der Waals surface area (Å²) in [6.07, 6.45) is 0. The summed E-state index contributed by atoms with van der Waals surface area (Å²) in [6.45, 7) is 15.9. The number of nitrogens with one attached hydrogen (secondary N) is 2. The number of guanidine groups is 1. The number of carbonyl (C=O) groups is 1. The van der Waals surface area contributed by atoms with Crippen LogP contribution in [0, 0.1) is 5.92 Å². The van der Waals surface area contributed by atoms with Crippen LogP contribution < -0.4 is 10.6 Å². The maximum absolute atomic E-state index is 11.7. The van der Waals surface area contributed by atoms with E-state index in [1.165, 1.54) is 0 Å². The molecule has 0 aliphatic heterocycles. The van der Waals surface area contributed by atoms with E-state index in [9.17, 15) is 4.79 Å². The number of nitrogens with zero attached hydrogens (tertiary/aromatic N) is 3. The zero-order valence-corrected chi connectivity index (χ0v) is 16.3. The number of amides is 1. The molecule has 136 valence electrons. The maximum atomic E-state index is 11.7. The van der Waals surface area contributed by atoms with Crippen molar-refractivity contribution in [1.29, 1.82) is 0 Å². The zero-order chi connectivity index (χ0) is 18.0. The van der Waals surface area contributed by atoms with Crippen LogP contribution in [0.5, 0.6) is 0 Å². The fourth-order valence-electron chi connectivity index (χ4n) is 2.18. The zero-order valence-electron chi connectivity index (χ0n) is 16.3. The second-order valence-corrected chi connectivity index (χ2v) is 7.08. The Morgan fingerprint density at radius 2 is 1.57 bits per heavy atom. The topological polar surface area (TPSA) is 60.0 Å². The number of likely N-dealkylation sites (N-methyl/N-ethyl adjacent to an activating group) is 1. The van der Waals surface area contributed by atoms with Gasteiger partial charge in [0, 0.05) is 45.8 Å². The van der Waals surface area contributed by atoms with Crippen LogP contribution in [-0.2, 0) is 4.79 Å². The first-order valence-corrected chi connectivity index (χ1v) is 8.63. The van der Waals surface area contributed by atoms with E-state index in [2.05, 4.69) is 62.1 Å². The van der Waals surface area contributed by atoms with Crippen molar-refractivity contribution in [1.82, 2.24) is 20.4 Å². The Hall–Kier alpha value is -1.30. The van der Waals surface area contributed by atoms with E-state index >= 15 is 0 Å². The smallest absolute Gasteiger partial charge is 0.243 e. The fourth-order valence-corrected chi connectivity index (χ4v) is 2.18. The normalized spacial score (nSPS) is 12.4. The van der Waals surface area contributed by atoms with Crippen molar-refractivity contribution < 1.29 is 4.79 Å². The van der Waals surface area contributed by atoms with Crippen molar-refractivity contribution in [3.05, 3.63) is 0 Å². The minimum Gasteiger partial charge on any atom is -0.356 e. The molecule has 0 atom stereocenters. The van der Waals surface area contributed by atoms with E-state index in [0.29, 0.717) is 24.0 Å². The van der Waals surface area contributed by atoms with E-state index in [-0.39, 0.29) is 12.5 Å². The third-order valence-corrected chi connectivity index (χ3v) is 3.54. The molecule has 1 amide bonds. The Morgan fingerprint density at radius 1 is 1.00 bits per heavy atom. The summed E-state index contributed by atoms with van der Waals surface area (Å²) in [5.41, 5.74) is 0. The summed E-state index contributed by atoms with van der Waals surface area (Å²) >= 11 is 0. The largest absolute Gasteiger partial charge is 0.356 e. The fraction of sp³-hybridized carbons (Fsp3) is 0.882. The van der Waals surface area contributed by atoms with Crippen LogP contribution in [0.25, 0.3) is 0 Å². The maximum Gasteiger partial charge on any atom is 0.243 e. The predicted molar refractivity (Wildman–Crippen MR) is 98.8 cm³/mol. The summed E-state index contributed by atoms with van der Waals surface area (Å²) in [5.74, 6) is 1.23. The second-order valence-electron chi connectivity index (χ2n) is 7.08. The highest BCUT2D eigenvalue weighted by Crippen LogP contribution is 2.03. The lowest BCUT2D eigenvalue weighted by Gasteiger charge is -2.30. The highest BCUT2D eigenvalue weighted by molar-refractivity contribution is 5.84. The lowest BCUT2D eigenvalue weighted by Crippen LogP contribution is -2.46. The van der Waals surface area contributed by atoms with Gasteiger partial charge in [-0.2, -0.15) is 0 Å². The molecule has 0 rings (SSSR count). The molecule has 0 aromatic carbocycles. The monoisotopic (exact) mass is 327 g/mol. The minimum absolute atomic E-state index is 0.00151. The van der Waals surface area contributed by atoms with Crippen LogP contribution in [0.15, 0.2) is 4.99 Å². The van der Waals surface area contributed by atoms with Gasteiger partial charge in [-0.25, -0.2) is 4.99 Å². The molecular formula is C17H37N5O. The van der Waals surface area contributed by atoms with Gasteiger partial charge in [0.25, 0.3) is 0 Å². The van der Waals surface area contributed by atoms with Crippen LogP contribution >= 0.6 is 0 Å². The molecule has 0 aliphatic carbocycles. The van der Waals surface area contributed by atoms with Gasteiger partial charge < -0.3 is 15.5 Å². The summed E-state index contributed by atoms with van der Waals surface area (Å²) in [7, 11) is 3.49. The quantitative estimate of drug-likeness (QED) is 0.496. The molecule has 0 spiro atoms. The van der Waals surface area contributed by atoms with Crippen LogP contribution in [0.4, 0.5) is 0 Å². The van der Waals surface area contributed by atoms with E-state index in [1.807, 2.05) is 0 Å². The molecule has 2 N–H and O–H groups in total. The molecule has 6 heteroatoms. The van der Waals surface area contributed by atoms with Crippen LogP contribution in [0.2, 0.25) is 0 Å². The average Bonchev–Trinajstić information content (AvgIpc) is 2.43. The number of hydrogen-bond acceptors (Lipinski definition) is 3. The van der Waals surface area contributed by atoms with E-state index in [1.54, 1.807) is 19.0 Å². The summed E-state index contributed by atoms with van der Waals surface area (Å²) in [5, 5.41) is 6.63. The van der Waals surface area contributed by atoms with Crippen molar-refractivity contribution in [3.8, 4) is 0 Å². The molecule has 0 aromatic heterocycles. The second kappa shape index (κ2) is 11.3. The van der Waals surface area contributed by atoms with Gasteiger partial charge in [-0.05, 0) is 33.6 Å². The van der Waals surface area contributed by atoms with Gasteiger partial charge in [0.2, 0.25) is 5.91 Å². The Balaban J connectivity index is 4.57. The highest BCUT2D eigenvalue weighted by atomic mass is 16.2. The van der Waals surface area contributed by atoms with Crippen molar-refractivity contribution in [3.63, 3.8) is 0 Å². The van der Waals surface area contributed by atoms with Crippen LogP contribution in [0.1, 0.15) is 41.5 Å². The summed E-state index contributed by atoms with van der Waals surface area (Å²) in [4.78, 5) is 20.1. The molecule has 6 nitrogen and oxygen atoms in total. The van der Waals surface area contributed by atoms with Gasteiger partial charge in [0.1, 0.15) is 6.54 Å². The van der Waals surface area contributed by atoms with Crippen molar-refractivity contribution in [2.24, 2.45) is 10.9 Å². The molecule has 0 aliphatic rings. The number of rotatable bonds is 9. The van der Waals surface area contributed by atoms with Crippen LogP contribution in [-0.4, -0.2) is 74.0 Å². The molecule has 0 radical (unpaired) electrons. The van der Waals surface area contributed by atoms with Gasteiger partial charge in [0.15, 0.2) is 5.96 Å². The molecule has 23 heavy (non-hydrogen) atoms. The first-order chi connectivity index (χ1) is 10.6. The number of aliphatic imine (C=N–C) groups is 1. The van der Waals surface area contributed by atoms with E-state index in [0.717, 1.165) is 19.6 Å². The average molecular weight is 328 g/mol.